The second-order valence-corrected chi connectivity index (χ2v) is 6.11. The van der Waals surface area contributed by atoms with Crippen LogP contribution < -0.4 is 10.6 Å². The van der Waals surface area contributed by atoms with Gasteiger partial charge in [0, 0.05) is 26.1 Å². The number of amides is 2. The first-order valence-electron chi connectivity index (χ1n) is 7.53. The molecule has 2 heterocycles. The van der Waals surface area contributed by atoms with Crippen LogP contribution in [-0.2, 0) is 9.59 Å². The van der Waals surface area contributed by atoms with E-state index < -0.39 is 0 Å². The second-order valence-electron chi connectivity index (χ2n) is 6.11. The van der Waals surface area contributed by atoms with Crippen LogP contribution >= 0.6 is 0 Å². The molecule has 1 saturated carbocycles. The maximum absolute atomic E-state index is 12.7. The highest BCUT2D eigenvalue weighted by Crippen LogP contribution is 2.35. The standard InChI is InChI=1S/C14H23N3O2/c18-12-5-4-11(16-12)13(19)17-9-8-15-10-14(17)6-2-1-3-7-14/h11,15H,1-10H2,(H,16,18)/t11-/m0/s1. The molecule has 0 aromatic heterocycles. The molecule has 0 unspecified atom stereocenters. The number of carbonyl (C=O) groups is 2. The lowest BCUT2D eigenvalue weighted by Crippen LogP contribution is -2.66. The first-order valence-corrected chi connectivity index (χ1v) is 7.53. The molecule has 1 aliphatic carbocycles. The summed E-state index contributed by atoms with van der Waals surface area (Å²) in [5, 5.41) is 6.27. The molecule has 2 N–H and O–H groups in total. The molecule has 106 valence electrons. The zero-order valence-electron chi connectivity index (χ0n) is 11.4. The van der Waals surface area contributed by atoms with E-state index in [1.165, 1.54) is 19.3 Å². The highest BCUT2D eigenvalue weighted by Gasteiger charge is 2.44. The van der Waals surface area contributed by atoms with Crippen molar-refractivity contribution in [3.05, 3.63) is 0 Å². The first-order chi connectivity index (χ1) is 9.21. The fraction of sp³-hybridized carbons (Fsp3) is 0.857. The Kier molecular flexibility index (Phi) is 3.48. The monoisotopic (exact) mass is 265 g/mol. The number of nitrogens with one attached hydrogen (secondary N) is 2. The zero-order chi connectivity index (χ0) is 13.3. The van der Waals surface area contributed by atoms with E-state index in [2.05, 4.69) is 15.5 Å². The van der Waals surface area contributed by atoms with Crippen LogP contribution in [0.5, 0.6) is 0 Å². The maximum atomic E-state index is 12.7. The van der Waals surface area contributed by atoms with Crippen molar-refractivity contribution >= 4 is 11.8 Å². The summed E-state index contributed by atoms with van der Waals surface area (Å²) in [5.74, 6) is 0.167. The van der Waals surface area contributed by atoms with Crippen LogP contribution in [0.25, 0.3) is 0 Å². The third kappa shape index (κ3) is 2.36. The van der Waals surface area contributed by atoms with E-state index in [-0.39, 0.29) is 23.4 Å². The van der Waals surface area contributed by atoms with E-state index >= 15 is 0 Å². The van der Waals surface area contributed by atoms with E-state index in [0.29, 0.717) is 12.8 Å². The van der Waals surface area contributed by atoms with Gasteiger partial charge in [-0.1, -0.05) is 19.3 Å². The van der Waals surface area contributed by atoms with Crippen molar-refractivity contribution in [2.24, 2.45) is 0 Å². The minimum atomic E-state index is -0.274. The Balaban J connectivity index is 1.76. The van der Waals surface area contributed by atoms with Crippen molar-refractivity contribution in [2.75, 3.05) is 19.6 Å². The second kappa shape index (κ2) is 5.12. The van der Waals surface area contributed by atoms with Gasteiger partial charge in [-0.05, 0) is 19.3 Å². The van der Waals surface area contributed by atoms with Crippen LogP contribution in [0.4, 0.5) is 0 Å². The summed E-state index contributed by atoms with van der Waals surface area (Å²) in [6, 6.07) is -0.274. The summed E-state index contributed by atoms with van der Waals surface area (Å²) in [7, 11) is 0. The number of piperazine rings is 1. The van der Waals surface area contributed by atoms with E-state index in [0.717, 1.165) is 32.5 Å². The molecule has 0 aromatic carbocycles. The molecule has 0 radical (unpaired) electrons. The molecule has 2 amide bonds. The molecule has 3 aliphatic rings. The Morgan fingerprint density at radius 1 is 1.26 bits per heavy atom. The summed E-state index contributed by atoms with van der Waals surface area (Å²) < 4.78 is 0. The number of nitrogens with zero attached hydrogens (tertiary/aromatic N) is 1. The number of hydrogen-bond donors (Lipinski definition) is 2. The van der Waals surface area contributed by atoms with Crippen LogP contribution in [0.3, 0.4) is 0 Å². The lowest BCUT2D eigenvalue weighted by molar-refractivity contribution is -0.143. The highest BCUT2D eigenvalue weighted by molar-refractivity contribution is 5.91. The molecule has 3 rings (SSSR count). The Hall–Kier alpha value is -1.10. The van der Waals surface area contributed by atoms with Gasteiger partial charge in [-0.25, -0.2) is 0 Å². The van der Waals surface area contributed by atoms with Crippen LogP contribution in [0, 0.1) is 0 Å². The van der Waals surface area contributed by atoms with Gasteiger partial charge in [0.15, 0.2) is 0 Å². The van der Waals surface area contributed by atoms with Gasteiger partial charge >= 0.3 is 0 Å². The van der Waals surface area contributed by atoms with E-state index in [1.54, 1.807) is 0 Å². The number of rotatable bonds is 1. The third-order valence-electron chi connectivity index (χ3n) is 4.88. The SMILES string of the molecule is O=C1CC[C@@H](C(=O)N2CCNCC23CCCCC3)N1. The molecular weight excluding hydrogens is 242 g/mol. The van der Waals surface area contributed by atoms with Crippen LogP contribution in [0.2, 0.25) is 0 Å². The largest absolute Gasteiger partial charge is 0.344 e. The van der Waals surface area contributed by atoms with Crippen molar-refractivity contribution in [2.45, 2.75) is 56.5 Å². The molecular formula is C14H23N3O2. The predicted molar refractivity (Wildman–Crippen MR) is 71.6 cm³/mol. The average molecular weight is 265 g/mol. The summed E-state index contributed by atoms with van der Waals surface area (Å²) in [4.78, 5) is 26.1. The molecule has 1 spiro atoms. The van der Waals surface area contributed by atoms with Gasteiger partial charge in [0.05, 0.1) is 5.54 Å². The van der Waals surface area contributed by atoms with Gasteiger partial charge in [-0.2, -0.15) is 0 Å². The summed E-state index contributed by atoms with van der Waals surface area (Å²) in [5.41, 5.74) is 0.0148. The number of hydrogen-bond acceptors (Lipinski definition) is 3. The normalized spacial score (nSPS) is 30.4. The average Bonchev–Trinajstić information content (AvgIpc) is 2.86. The summed E-state index contributed by atoms with van der Waals surface area (Å²) in [6.45, 7) is 2.57. The summed E-state index contributed by atoms with van der Waals surface area (Å²) in [6.07, 6.45) is 7.07. The van der Waals surface area contributed by atoms with Crippen LogP contribution in [-0.4, -0.2) is 47.9 Å². The fourth-order valence-electron chi connectivity index (χ4n) is 3.83. The van der Waals surface area contributed by atoms with Gasteiger partial charge in [0.25, 0.3) is 0 Å². The van der Waals surface area contributed by atoms with Crippen molar-refractivity contribution in [3.8, 4) is 0 Å². The zero-order valence-corrected chi connectivity index (χ0v) is 11.4. The molecule has 5 heteroatoms. The molecule has 1 atom stereocenters. The van der Waals surface area contributed by atoms with E-state index in [4.69, 9.17) is 0 Å². The lowest BCUT2D eigenvalue weighted by atomic mass is 9.78. The molecule has 0 bridgehead atoms. The Labute approximate surface area is 114 Å². The van der Waals surface area contributed by atoms with Gasteiger partial charge in [0.2, 0.25) is 11.8 Å². The van der Waals surface area contributed by atoms with Crippen LogP contribution in [0.15, 0.2) is 0 Å². The summed E-state index contributed by atoms with van der Waals surface area (Å²) >= 11 is 0. The Morgan fingerprint density at radius 2 is 2.05 bits per heavy atom. The highest BCUT2D eigenvalue weighted by atomic mass is 16.2. The Bertz CT molecular complexity index is 369. The molecule has 3 fully saturated rings. The minimum Gasteiger partial charge on any atom is -0.344 e. The fourth-order valence-corrected chi connectivity index (χ4v) is 3.83. The molecule has 5 nitrogen and oxygen atoms in total. The van der Waals surface area contributed by atoms with Gasteiger partial charge in [0.1, 0.15) is 6.04 Å². The van der Waals surface area contributed by atoms with Crippen molar-refractivity contribution in [1.82, 2.24) is 15.5 Å². The Morgan fingerprint density at radius 3 is 2.74 bits per heavy atom. The van der Waals surface area contributed by atoms with Gasteiger partial charge in [-0.3, -0.25) is 9.59 Å². The van der Waals surface area contributed by atoms with Crippen LogP contribution in [0.1, 0.15) is 44.9 Å². The van der Waals surface area contributed by atoms with E-state index in [9.17, 15) is 9.59 Å². The van der Waals surface area contributed by atoms with Gasteiger partial charge < -0.3 is 15.5 Å². The van der Waals surface area contributed by atoms with Crippen molar-refractivity contribution in [1.29, 1.82) is 0 Å². The predicted octanol–water partition coefficient (Wildman–Crippen LogP) is 0.400. The minimum absolute atomic E-state index is 0.0148. The third-order valence-corrected chi connectivity index (χ3v) is 4.88. The van der Waals surface area contributed by atoms with Gasteiger partial charge in [-0.15, -0.1) is 0 Å². The molecule has 19 heavy (non-hydrogen) atoms. The quantitative estimate of drug-likeness (QED) is 0.721. The first kappa shape index (κ1) is 12.9. The molecule has 2 saturated heterocycles. The lowest BCUT2D eigenvalue weighted by Gasteiger charge is -2.50. The maximum Gasteiger partial charge on any atom is 0.245 e. The topological polar surface area (TPSA) is 61.4 Å². The molecule has 2 aliphatic heterocycles. The number of carbonyl (C=O) groups excluding carboxylic acids is 2. The molecule has 0 aromatic rings. The van der Waals surface area contributed by atoms with Crippen molar-refractivity contribution in [3.63, 3.8) is 0 Å². The smallest absolute Gasteiger partial charge is 0.245 e. The van der Waals surface area contributed by atoms with E-state index in [1.807, 2.05) is 0 Å². The van der Waals surface area contributed by atoms with Crippen molar-refractivity contribution < 1.29 is 9.59 Å².